The molecular weight excluding hydrogens is 367 g/mol. The molecule has 1 heterocycles. The number of nitrogens with one attached hydrogen (secondary N) is 2. The molecule has 0 saturated carbocycles. The van der Waals surface area contributed by atoms with E-state index < -0.39 is 12.7 Å². The van der Waals surface area contributed by atoms with Crippen LogP contribution < -0.4 is 15.5 Å². The number of guanidine groups is 1. The smallest absolute Gasteiger partial charge is 0.369 e. The molecule has 1 aromatic carbocycles. The van der Waals surface area contributed by atoms with Crippen LogP contribution in [0, 0.1) is 6.92 Å². The first-order valence-electron chi connectivity index (χ1n) is 9.88. The Morgan fingerprint density at radius 3 is 2.64 bits per heavy atom. The molecule has 0 aromatic heterocycles. The number of anilines is 1. The number of nitrogens with zero attached hydrogens (tertiary/aromatic N) is 3. The van der Waals surface area contributed by atoms with E-state index in [1.165, 1.54) is 23.2 Å². The summed E-state index contributed by atoms with van der Waals surface area (Å²) in [6.45, 7) is 6.70. The second-order valence-corrected chi connectivity index (χ2v) is 7.38. The lowest BCUT2D eigenvalue weighted by Crippen LogP contribution is -2.44. The highest BCUT2D eigenvalue weighted by Gasteiger charge is 2.28. The zero-order chi connectivity index (χ0) is 20.6. The summed E-state index contributed by atoms with van der Waals surface area (Å²) >= 11 is 0. The zero-order valence-electron chi connectivity index (χ0n) is 17.0. The van der Waals surface area contributed by atoms with Gasteiger partial charge in [0.05, 0.1) is 6.54 Å². The number of rotatable bonds is 8. The maximum atomic E-state index is 12.4. The summed E-state index contributed by atoms with van der Waals surface area (Å²) in [5.74, 6) is 0.733. The summed E-state index contributed by atoms with van der Waals surface area (Å²) < 4.78 is 37.1. The fraction of sp³-hybridized carbons (Fsp3) is 0.650. The van der Waals surface area contributed by atoms with Crippen LogP contribution in [-0.4, -0.2) is 69.4 Å². The molecule has 2 rings (SSSR count). The summed E-state index contributed by atoms with van der Waals surface area (Å²) in [6.07, 6.45) is -2.55. The van der Waals surface area contributed by atoms with Crippen LogP contribution in [0.3, 0.4) is 0 Å². The minimum atomic E-state index is -4.15. The van der Waals surface area contributed by atoms with Crippen LogP contribution >= 0.6 is 0 Å². The highest BCUT2D eigenvalue weighted by atomic mass is 19.4. The van der Waals surface area contributed by atoms with Crippen molar-refractivity contribution in [3.05, 3.63) is 29.8 Å². The quantitative estimate of drug-likeness (QED) is 0.401. The SMILES string of the molecule is CCNC(=NCCCN(C)CC(F)(F)F)NC1CCN(c2ccc(C)cc2)C1. The van der Waals surface area contributed by atoms with Gasteiger partial charge < -0.3 is 15.5 Å². The third kappa shape index (κ3) is 7.96. The van der Waals surface area contributed by atoms with E-state index in [-0.39, 0.29) is 0 Å². The molecule has 1 aromatic rings. The van der Waals surface area contributed by atoms with Gasteiger partial charge in [0.1, 0.15) is 0 Å². The molecule has 1 fully saturated rings. The van der Waals surface area contributed by atoms with Crippen LogP contribution in [0.1, 0.15) is 25.3 Å². The second-order valence-electron chi connectivity index (χ2n) is 7.38. The third-order valence-electron chi connectivity index (χ3n) is 4.69. The molecule has 1 unspecified atom stereocenters. The van der Waals surface area contributed by atoms with Gasteiger partial charge in [0.2, 0.25) is 0 Å². The molecule has 0 radical (unpaired) electrons. The summed E-state index contributed by atoms with van der Waals surface area (Å²) in [4.78, 5) is 8.16. The Morgan fingerprint density at radius 1 is 1.29 bits per heavy atom. The lowest BCUT2D eigenvalue weighted by atomic mass is 10.2. The molecule has 1 aliphatic heterocycles. The van der Waals surface area contributed by atoms with Crippen LogP contribution in [0.2, 0.25) is 0 Å². The molecule has 2 N–H and O–H groups in total. The monoisotopic (exact) mass is 399 g/mol. The Morgan fingerprint density at radius 2 is 2.00 bits per heavy atom. The molecular formula is C20H32F3N5. The molecule has 1 saturated heterocycles. The van der Waals surface area contributed by atoms with Gasteiger partial charge in [-0.25, -0.2) is 0 Å². The number of aliphatic imine (C=N–C) groups is 1. The van der Waals surface area contributed by atoms with E-state index in [0.29, 0.717) is 25.6 Å². The van der Waals surface area contributed by atoms with E-state index in [1.807, 2.05) is 6.92 Å². The summed E-state index contributed by atoms with van der Waals surface area (Å²) in [5.41, 5.74) is 2.48. The Balaban J connectivity index is 1.78. The van der Waals surface area contributed by atoms with E-state index >= 15 is 0 Å². The van der Waals surface area contributed by atoms with Crippen molar-refractivity contribution in [1.82, 2.24) is 15.5 Å². The highest BCUT2D eigenvalue weighted by molar-refractivity contribution is 5.80. The number of halogens is 3. The van der Waals surface area contributed by atoms with Gasteiger partial charge in [0.15, 0.2) is 5.96 Å². The highest BCUT2D eigenvalue weighted by Crippen LogP contribution is 2.20. The van der Waals surface area contributed by atoms with Gasteiger partial charge in [-0.1, -0.05) is 17.7 Å². The van der Waals surface area contributed by atoms with Crippen molar-refractivity contribution < 1.29 is 13.2 Å². The van der Waals surface area contributed by atoms with Crippen LogP contribution in [0.15, 0.2) is 29.3 Å². The van der Waals surface area contributed by atoms with Crippen molar-refractivity contribution in [2.45, 2.75) is 38.9 Å². The molecule has 158 valence electrons. The Labute approximate surface area is 166 Å². The van der Waals surface area contributed by atoms with E-state index in [9.17, 15) is 13.2 Å². The summed E-state index contributed by atoms with van der Waals surface area (Å²) in [6, 6.07) is 8.84. The number of benzene rings is 1. The Hall–Kier alpha value is -1.96. The van der Waals surface area contributed by atoms with Gasteiger partial charge in [-0.2, -0.15) is 13.2 Å². The van der Waals surface area contributed by atoms with Gasteiger partial charge in [-0.15, -0.1) is 0 Å². The minimum Gasteiger partial charge on any atom is -0.369 e. The van der Waals surface area contributed by atoms with Gasteiger partial charge in [-0.05, 0) is 52.4 Å². The predicted octanol–water partition coefficient (Wildman–Crippen LogP) is 3.01. The van der Waals surface area contributed by atoms with Crippen LogP contribution in [-0.2, 0) is 0 Å². The van der Waals surface area contributed by atoms with Crippen LogP contribution in [0.5, 0.6) is 0 Å². The normalized spacial score (nSPS) is 18.0. The molecule has 0 bridgehead atoms. The standard InChI is InChI=1S/C20H32F3N5/c1-4-24-19(25-11-5-12-27(3)15-20(21,22)23)26-17-10-13-28(14-17)18-8-6-16(2)7-9-18/h6-9,17H,4-5,10-15H2,1-3H3,(H2,24,25,26). The fourth-order valence-electron chi connectivity index (χ4n) is 3.30. The summed E-state index contributed by atoms with van der Waals surface area (Å²) in [5, 5.41) is 6.68. The first-order valence-corrected chi connectivity index (χ1v) is 9.88. The Bertz CT molecular complexity index is 615. The molecule has 28 heavy (non-hydrogen) atoms. The van der Waals surface area contributed by atoms with Gasteiger partial charge in [-0.3, -0.25) is 9.89 Å². The average Bonchev–Trinajstić information content (AvgIpc) is 3.06. The van der Waals surface area contributed by atoms with Gasteiger partial charge in [0, 0.05) is 37.9 Å². The molecule has 0 amide bonds. The zero-order valence-corrected chi connectivity index (χ0v) is 17.0. The maximum Gasteiger partial charge on any atom is 0.401 e. The number of hydrogen-bond acceptors (Lipinski definition) is 3. The largest absolute Gasteiger partial charge is 0.401 e. The average molecular weight is 400 g/mol. The van der Waals surface area contributed by atoms with E-state index in [4.69, 9.17) is 0 Å². The van der Waals surface area contributed by atoms with E-state index in [2.05, 4.69) is 51.7 Å². The summed E-state index contributed by atoms with van der Waals surface area (Å²) in [7, 11) is 1.48. The fourth-order valence-corrected chi connectivity index (χ4v) is 3.30. The molecule has 0 aliphatic carbocycles. The third-order valence-corrected chi connectivity index (χ3v) is 4.69. The topological polar surface area (TPSA) is 42.9 Å². The first-order chi connectivity index (χ1) is 13.3. The molecule has 5 nitrogen and oxygen atoms in total. The van der Waals surface area contributed by atoms with Crippen molar-refractivity contribution in [2.24, 2.45) is 4.99 Å². The lowest BCUT2D eigenvalue weighted by molar-refractivity contribution is -0.143. The maximum absolute atomic E-state index is 12.4. The molecule has 0 spiro atoms. The van der Waals surface area contributed by atoms with Crippen molar-refractivity contribution in [2.75, 3.05) is 51.2 Å². The molecule has 8 heteroatoms. The lowest BCUT2D eigenvalue weighted by Gasteiger charge is -2.21. The number of aryl methyl sites for hydroxylation is 1. The van der Waals surface area contributed by atoms with Crippen molar-refractivity contribution in [3.8, 4) is 0 Å². The van der Waals surface area contributed by atoms with Gasteiger partial charge >= 0.3 is 6.18 Å². The van der Waals surface area contributed by atoms with Crippen molar-refractivity contribution >= 4 is 11.6 Å². The van der Waals surface area contributed by atoms with E-state index in [0.717, 1.165) is 32.0 Å². The number of alkyl halides is 3. The number of hydrogen-bond donors (Lipinski definition) is 2. The molecule has 1 aliphatic rings. The minimum absolute atomic E-state index is 0.298. The van der Waals surface area contributed by atoms with Crippen LogP contribution in [0.4, 0.5) is 18.9 Å². The van der Waals surface area contributed by atoms with Crippen molar-refractivity contribution in [3.63, 3.8) is 0 Å². The first kappa shape index (κ1) is 22.3. The Kier molecular flexibility index (Phi) is 8.41. The second kappa shape index (κ2) is 10.5. The van der Waals surface area contributed by atoms with Crippen LogP contribution in [0.25, 0.3) is 0 Å². The van der Waals surface area contributed by atoms with Crippen molar-refractivity contribution in [1.29, 1.82) is 0 Å². The molecule has 1 atom stereocenters. The van der Waals surface area contributed by atoms with Gasteiger partial charge in [0.25, 0.3) is 0 Å². The predicted molar refractivity (Wildman–Crippen MR) is 109 cm³/mol. The van der Waals surface area contributed by atoms with E-state index in [1.54, 1.807) is 0 Å².